The van der Waals surface area contributed by atoms with Gasteiger partial charge in [0.15, 0.2) is 5.84 Å². The molecule has 0 saturated carbocycles. The van der Waals surface area contributed by atoms with E-state index in [0.29, 0.717) is 17.7 Å². The van der Waals surface area contributed by atoms with Gasteiger partial charge in [-0.2, -0.15) is 11.8 Å². The number of hydrogen-bond donors (Lipinski definition) is 3. The van der Waals surface area contributed by atoms with Crippen LogP contribution in [0, 0.1) is 5.82 Å². The fraction of sp³-hybridized carbons (Fsp3) is 0.500. The lowest BCUT2D eigenvalue weighted by molar-refractivity contribution is 0.318. The monoisotopic (exact) mass is 297 g/mol. The predicted octanol–water partition coefficient (Wildman–Crippen LogP) is 2.30. The smallest absolute Gasteiger partial charge is 0.170 e. The van der Waals surface area contributed by atoms with E-state index < -0.39 is 0 Å². The summed E-state index contributed by atoms with van der Waals surface area (Å²) in [6.45, 7) is 3.60. The Bertz CT molecular complexity index is 501. The van der Waals surface area contributed by atoms with Crippen LogP contribution in [0.15, 0.2) is 23.4 Å². The summed E-state index contributed by atoms with van der Waals surface area (Å²) in [5.74, 6) is 0.783. The topological polar surface area (TPSA) is 70.6 Å². The van der Waals surface area contributed by atoms with Gasteiger partial charge in [-0.05, 0) is 31.6 Å². The number of nitrogens with one attached hydrogen (secondary N) is 1. The van der Waals surface area contributed by atoms with Gasteiger partial charge in [0.05, 0.1) is 0 Å². The normalized spacial score (nSPS) is 23.2. The molecule has 0 aliphatic carbocycles. The fourth-order valence-corrected chi connectivity index (χ4v) is 3.62. The Morgan fingerprint density at radius 3 is 3.00 bits per heavy atom. The third-order valence-corrected chi connectivity index (χ3v) is 5.11. The average Bonchev–Trinajstić information content (AvgIpc) is 2.86. The van der Waals surface area contributed by atoms with Gasteiger partial charge in [0.1, 0.15) is 5.82 Å². The second kappa shape index (κ2) is 6.45. The Morgan fingerprint density at radius 1 is 1.60 bits per heavy atom. The van der Waals surface area contributed by atoms with Gasteiger partial charge in [-0.1, -0.05) is 17.3 Å². The van der Waals surface area contributed by atoms with Crippen molar-refractivity contribution in [3.05, 3.63) is 35.1 Å². The standard InChI is InChI=1S/C14H20FN3OS/c1-14(5-2-6-20-14)9-17-8-11-4-3-10(7-12(11)15)13(16)18-19/h3-4,7,17,19H,2,5-6,8-9H2,1H3,(H2,16,18). The number of oxime groups is 1. The first kappa shape index (κ1) is 15.1. The number of nitrogens with two attached hydrogens (primary N) is 1. The summed E-state index contributed by atoms with van der Waals surface area (Å²) >= 11 is 1.98. The molecule has 1 aliphatic heterocycles. The number of benzene rings is 1. The zero-order chi connectivity index (χ0) is 14.6. The SMILES string of the molecule is CC1(CNCc2ccc(/C(N)=N/O)cc2F)CCCS1. The Kier molecular flexibility index (Phi) is 4.88. The lowest BCUT2D eigenvalue weighted by Gasteiger charge is -2.23. The van der Waals surface area contributed by atoms with Gasteiger partial charge in [-0.3, -0.25) is 0 Å². The summed E-state index contributed by atoms with van der Waals surface area (Å²) in [6.07, 6.45) is 2.46. The lowest BCUT2D eigenvalue weighted by Crippen LogP contribution is -2.32. The number of nitrogens with zero attached hydrogens (tertiary/aromatic N) is 1. The summed E-state index contributed by atoms with van der Waals surface area (Å²) < 4.78 is 14.2. The number of amidine groups is 1. The van der Waals surface area contributed by atoms with E-state index in [0.717, 1.165) is 6.54 Å². The minimum atomic E-state index is -0.342. The molecule has 1 saturated heterocycles. The Balaban J connectivity index is 1.93. The molecule has 1 aromatic carbocycles. The molecule has 1 fully saturated rings. The van der Waals surface area contributed by atoms with Crippen molar-refractivity contribution in [3.8, 4) is 0 Å². The molecular weight excluding hydrogens is 277 g/mol. The molecule has 2 rings (SSSR count). The predicted molar refractivity (Wildman–Crippen MR) is 80.7 cm³/mol. The molecule has 6 heteroatoms. The minimum absolute atomic E-state index is 0.0849. The van der Waals surface area contributed by atoms with Gasteiger partial charge in [0.2, 0.25) is 0 Å². The second-order valence-electron chi connectivity index (χ2n) is 5.30. The van der Waals surface area contributed by atoms with Crippen molar-refractivity contribution in [3.63, 3.8) is 0 Å². The first-order chi connectivity index (χ1) is 9.54. The molecular formula is C14H20FN3OS. The van der Waals surface area contributed by atoms with Crippen molar-refractivity contribution < 1.29 is 9.60 Å². The number of hydrogen-bond acceptors (Lipinski definition) is 4. The molecule has 0 spiro atoms. The van der Waals surface area contributed by atoms with Crippen molar-refractivity contribution in [1.29, 1.82) is 0 Å². The average molecular weight is 297 g/mol. The summed E-state index contributed by atoms with van der Waals surface area (Å²) in [7, 11) is 0. The molecule has 4 N–H and O–H groups in total. The van der Waals surface area contributed by atoms with Gasteiger partial charge in [0.25, 0.3) is 0 Å². The van der Waals surface area contributed by atoms with E-state index in [9.17, 15) is 4.39 Å². The molecule has 0 bridgehead atoms. The quantitative estimate of drug-likeness (QED) is 0.337. The van der Waals surface area contributed by atoms with Gasteiger partial charge in [0, 0.05) is 29.0 Å². The highest BCUT2D eigenvalue weighted by Crippen LogP contribution is 2.36. The molecule has 4 nitrogen and oxygen atoms in total. The molecule has 0 radical (unpaired) electrons. The van der Waals surface area contributed by atoms with E-state index in [1.807, 2.05) is 11.8 Å². The van der Waals surface area contributed by atoms with Crippen LogP contribution in [0.2, 0.25) is 0 Å². The second-order valence-corrected chi connectivity index (χ2v) is 6.98. The van der Waals surface area contributed by atoms with Crippen molar-refractivity contribution >= 4 is 17.6 Å². The van der Waals surface area contributed by atoms with Gasteiger partial charge < -0.3 is 16.3 Å². The molecule has 110 valence electrons. The summed E-state index contributed by atoms with van der Waals surface area (Å²) in [5, 5.41) is 14.7. The number of halogens is 1. The largest absolute Gasteiger partial charge is 0.409 e. The van der Waals surface area contributed by atoms with E-state index >= 15 is 0 Å². The molecule has 1 aliphatic rings. The van der Waals surface area contributed by atoms with E-state index in [2.05, 4.69) is 17.4 Å². The van der Waals surface area contributed by atoms with Crippen LogP contribution in [0.4, 0.5) is 4.39 Å². The van der Waals surface area contributed by atoms with Crippen LogP contribution in [0.3, 0.4) is 0 Å². The van der Waals surface area contributed by atoms with Gasteiger partial charge in [-0.15, -0.1) is 0 Å². The Morgan fingerprint density at radius 2 is 2.40 bits per heavy atom. The highest BCUT2D eigenvalue weighted by Gasteiger charge is 2.28. The van der Waals surface area contributed by atoms with E-state index in [1.165, 1.54) is 24.7 Å². The Labute approximate surface area is 122 Å². The molecule has 0 aromatic heterocycles. The highest BCUT2D eigenvalue weighted by atomic mass is 32.2. The van der Waals surface area contributed by atoms with Crippen molar-refractivity contribution in [2.75, 3.05) is 12.3 Å². The third kappa shape index (κ3) is 3.64. The van der Waals surface area contributed by atoms with Crippen LogP contribution in [0.5, 0.6) is 0 Å². The van der Waals surface area contributed by atoms with Crippen LogP contribution >= 0.6 is 11.8 Å². The van der Waals surface area contributed by atoms with Crippen LogP contribution in [-0.4, -0.2) is 28.1 Å². The summed E-state index contributed by atoms with van der Waals surface area (Å²) in [4.78, 5) is 0. The summed E-state index contributed by atoms with van der Waals surface area (Å²) in [5.41, 5.74) is 6.40. The zero-order valence-corrected chi connectivity index (χ0v) is 12.3. The Hall–Kier alpha value is -1.27. The van der Waals surface area contributed by atoms with E-state index in [4.69, 9.17) is 10.9 Å². The number of rotatable bonds is 5. The van der Waals surface area contributed by atoms with E-state index in [-0.39, 0.29) is 16.4 Å². The maximum absolute atomic E-state index is 13.9. The summed E-state index contributed by atoms with van der Waals surface area (Å²) in [6, 6.07) is 4.61. The molecule has 1 aromatic rings. The van der Waals surface area contributed by atoms with Gasteiger partial charge in [-0.25, -0.2) is 4.39 Å². The van der Waals surface area contributed by atoms with Crippen LogP contribution in [-0.2, 0) is 6.54 Å². The highest BCUT2D eigenvalue weighted by molar-refractivity contribution is 8.00. The fourth-order valence-electron chi connectivity index (χ4n) is 2.35. The van der Waals surface area contributed by atoms with Crippen LogP contribution < -0.4 is 11.1 Å². The first-order valence-electron chi connectivity index (χ1n) is 6.65. The van der Waals surface area contributed by atoms with Crippen molar-refractivity contribution in [2.24, 2.45) is 10.9 Å². The van der Waals surface area contributed by atoms with Crippen LogP contribution in [0.1, 0.15) is 30.9 Å². The third-order valence-electron chi connectivity index (χ3n) is 3.57. The zero-order valence-electron chi connectivity index (χ0n) is 11.5. The molecule has 1 atom stereocenters. The lowest BCUT2D eigenvalue weighted by atomic mass is 10.1. The molecule has 20 heavy (non-hydrogen) atoms. The maximum atomic E-state index is 13.9. The minimum Gasteiger partial charge on any atom is -0.409 e. The molecule has 1 heterocycles. The van der Waals surface area contributed by atoms with E-state index in [1.54, 1.807) is 12.1 Å². The van der Waals surface area contributed by atoms with Crippen LogP contribution in [0.25, 0.3) is 0 Å². The van der Waals surface area contributed by atoms with Crippen molar-refractivity contribution in [1.82, 2.24) is 5.32 Å². The van der Waals surface area contributed by atoms with Gasteiger partial charge >= 0.3 is 0 Å². The molecule has 1 unspecified atom stereocenters. The first-order valence-corrected chi connectivity index (χ1v) is 7.64. The van der Waals surface area contributed by atoms with Crippen molar-refractivity contribution in [2.45, 2.75) is 31.1 Å². The maximum Gasteiger partial charge on any atom is 0.170 e. The number of thioether (sulfide) groups is 1. The molecule has 0 amide bonds.